The lowest BCUT2D eigenvalue weighted by atomic mass is 10.0. The normalized spacial score (nSPS) is 17.4. The summed E-state index contributed by atoms with van der Waals surface area (Å²) >= 11 is 0. The van der Waals surface area contributed by atoms with Crippen LogP contribution in [-0.2, 0) is 10.0 Å². The van der Waals surface area contributed by atoms with Gasteiger partial charge in [-0.15, -0.1) is 0 Å². The summed E-state index contributed by atoms with van der Waals surface area (Å²) in [6.07, 6.45) is 0. The summed E-state index contributed by atoms with van der Waals surface area (Å²) in [5.41, 5.74) is 4.12. The van der Waals surface area contributed by atoms with Crippen molar-refractivity contribution in [1.82, 2.24) is 9.21 Å². The summed E-state index contributed by atoms with van der Waals surface area (Å²) in [4.78, 5) is 2.41. The van der Waals surface area contributed by atoms with Crippen LogP contribution in [0, 0.1) is 32.1 Å². The topological polar surface area (TPSA) is 64.4 Å². The smallest absolute Gasteiger partial charge is 0.243 e. The fraction of sp³-hybridized carbons (Fsp3) is 0.381. The summed E-state index contributed by atoms with van der Waals surface area (Å²) in [5.74, 6) is 0. The van der Waals surface area contributed by atoms with Gasteiger partial charge in [0, 0.05) is 26.2 Å². The van der Waals surface area contributed by atoms with Crippen molar-refractivity contribution in [1.29, 1.82) is 5.26 Å². The van der Waals surface area contributed by atoms with Crippen LogP contribution in [0.1, 0.15) is 28.3 Å². The van der Waals surface area contributed by atoms with Crippen LogP contribution in [0.15, 0.2) is 47.4 Å². The maximum atomic E-state index is 13.0. The van der Waals surface area contributed by atoms with Crippen LogP contribution in [0.5, 0.6) is 0 Å². The number of nitrogens with zero attached hydrogens (tertiary/aromatic N) is 3. The first-order valence-corrected chi connectivity index (χ1v) is 10.5. The molecular formula is C21H25N3O2S. The van der Waals surface area contributed by atoms with E-state index < -0.39 is 10.0 Å². The molecule has 0 aromatic heterocycles. The van der Waals surface area contributed by atoms with Gasteiger partial charge in [-0.25, -0.2) is 8.42 Å². The van der Waals surface area contributed by atoms with Crippen molar-refractivity contribution in [2.45, 2.75) is 31.7 Å². The molecule has 0 bridgehead atoms. The molecule has 2 aromatic rings. The fourth-order valence-electron chi connectivity index (χ4n) is 3.47. The van der Waals surface area contributed by atoms with Gasteiger partial charge in [0.25, 0.3) is 0 Å². The second-order valence-electron chi connectivity index (χ2n) is 7.07. The van der Waals surface area contributed by atoms with Crippen LogP contribution >= 0.6 is 0 Å². The monoisotopic (exact) mass is 383 g/mol. The molecule has 0 spiro atoms. The van der Waals surface area contributed by atoms with Gasteiger partial charge in [-0.1, -0.05) is 30.3 Å². The van der Waals surface area contributed by atoms with E-state index in [0.717, 1.165) is 22.3 Å². The fourth-order valence-corrected chi connectivity index (χ4v) is 4.97. The van der Waals surface area contributed by atoms with Gasteiger partial charge in [0.15, 0.2) is 0 Å². The van der Waals surface area contributed by atoms with Crippen molar-refractivity contribution in [3.05, 3.63) is 64.7 Å². The largest absolute Gasteiger partial charge is 0.282 e. The number of benzene rings is 2. The second kappa shape index (κ2) is 7.81. The third kappa shape index (κ3) is 3.91. The van der Waals surface area contributed by atoms with E-state index in [2.05, 4.69) is 11.0 Å². The molecule has 1 aliphatic rings. The Morgan fingerprint density at radius 2 is 1.59 bits per heavy atom. The van der Waals surface area contributed by atoms with Crippen LogP contribution in [0.25, 0.3) is 0 Å². The van der Waals surface area contributed by atoms with Gasteiger partial charge in [0.1, 0.15) is 6.04 Å². The number of aryl methyl sites for hydroxylation is 3. The Hall–Kier alpha value is -2.20. The van der Waals surface area contributed by atoms with E-state index in [-0.39, 0.29) is 6.04 Å². The zero-order valence-corrected chi connectivity index (χ0v) is 16.8. The lowest BCUT2D eigenvalue weighted by Gasteiger charge is -2.36. The number of hydrogen-bond acceptors (Lipinski definition) is 4. The molecule has 27 heavy (non-hydrogen) atoms. The lowest BCUT2D eigenvalue weighted by molar-refractivity contribution is 0.162. The van der Waals surface area contributed by atoms with Gasteiger partial charge in [-0.05, 0) is 55.2 Å². The van der Waals surface area contributed by atoms with Crippen LogP contribution in [0.2, 0.25) is 0 Å². The molecule has 0 N–H and O–H groups in total. The molecule has 1 unspecified atom stereocenters. The molecule has 0 aliphatic carbocycles. The maximum Gasteiger partial charge on any atom is 0.243 e. The Bertz CT molecular complexity index is 971. The first-order chi connectivity index (χ1) is 12.8. The minimum absolute atomic E-state index is 0.342. The molecule has 2 aromatic carbocycles. The zero-order chi connectivity index (χ0) is 19.6. The highest BCUT2D eigenvalue weighted by atomic mass is 32.2. The molecule has 142 valence electrons. The van der Waals surface area contributed by atoms with E-state index in [1.54, 1.807) is 12.1 Å². The third-order valence-electron chi connectivity index (χ3n) is 5.36. The molecule has 1 atom stereocenters. The predicted octanol–water partition coefficient (Wildman–Crippen LogP) is 3.18. The third-order valence-corrected chi connectivity index (χ3v) is 7.25. The molecule has 5 nitrogen and oxygen atoms in total. The summed E-state index contributed by atoms with van der Waals surface area (Å²) < 4.78 is 27.5. The number of piperazine rings is 1. The van der Waals surface area contributed by atoms with Gasteiger partial charge in [0.05, 0.1) is 11.0 Å². The molecule has 0 saturated carbocycles. The molecule has 3 rings (SSSR count). The molecule has 0 radical (unpaired) electrons. The average Bonchev–Trinajstić information content (AvgIpc) is 2.66. The minimum atomic E-state index is -3.51. The number of rotatable bonds is 4. The Morgan fingerprint density at radius 1 is 0.926 bits per heavy atom. The van der Waals surface area contributed by atoms with Crippen LogP contribution in [0.4, 0.5) is 0 Å². The van der Waals surface area contributed by atoms with Gasteiger partial charge < -0.3 is 0 Å². The molecular weight excluding hydrogens is 358 g/mol. The Morgan fingerprint density at radius 3 is 2.19 bits per heavy atom. The first-order valence-electron chi connectivity index (χ1n) is 9.11. The standard InChI is InChI=1S/C21H25N3O2S/c1-16-8-9-19(14-18(16)3)27(25,26)24-12-10-23(11-13-24)21(15-22)20-7-5-4-6-17(20)2/h4-9,14,21H,10-13H2,1-3H3. The van der Waals surface area contributed by atoms with Crippen molar-refractivity contribution < 1.29 is 8.42 Å². The van der Waals surface area contributed by atoms with Gasteiger partial charge in [0.2, 0.25) is 10.0 Å². The summed E-state index contributed by atoms with van der Waals surface area (Å²) in [6.45, 7) is 7.75. The van der Waals surface area contributed by atoms with E-state index >= 15 is 0 Å². The van der Waals surface area contributed by atoms with Gasteiger partial charge >= 0.3 is 0 Å². The Balaban J connectivity index is 1.75. The maximum absolute atomic E-state index is 13.0. The van der Waals surface area contributed by atoms with Crippen LogP contribution in [-0.4, -0.2) is 43.8 Å². The zero-order valence-electron chi connectivity index (χ0n) is 16.0. The van der Waals surface area contributed by atoms with Gasteiger partial charge in [-0.3, -0.25) is 4.90 Å². The number of hydrogen-bond donors (Lipinski definition) is 0. The highest BCUT2D eigenvalue weighted by Crippen LogP contribution is 2.26. The highest BCUT2D eigenvalue weighted by Gasteiger charge is 2.32. The number of nitriles is 1. The van der Waals surface area contributed by atoms with E-state index in [1.807, 2.05) is 51.1 Å². The Kier molecular flexibility index (Phi) is 5.66. The highest BCUT2D eigenvalue weighted by molar-refractivity contribution is 7.89. The lowest BCUT2D eigenvalue weighted by Crippen LogP contribution is -2.49. The van der Waals surface area contributed by atoms with E-state index in [9.17, 15) is 13.7 Å². The van der Waals surface area contributed by atoms with Gasteiger partial charge in [-0.2, -0.15) is 9.57 Å². The van der Waals surface area contributed by atoms with Crippen molar-refractivity contribution in [3.8, 4) is 6.07 Å². The second-order valence-corrected chi connectivity index (χ2v) is 9.01. The molecule has 1 heterocycles. The van der Waals surface area contributed by atoms with Crippen LogP contribution in [0.3, 0.4) is 0 Å². The quantitative estimate of drug-likeness (QED) is 0.813. The van der Waals surface area contributed by atoms with E-state index in [1.165, 1.54) is 4.31 Å². The van der Waals surface area contributed by atoms with E-state index in [4.69, 9.17) is 0 Å². The predicted molar refractivity (Wildman–Crippen MR) is 106 cm³/mol. The van der Waals surface area contributed by atoms with Crippen molar-refractivity contribution in [3.63, 3.8) is 0 Å². The van der Waals surface area contributed by atoms with Crippen molar-refractivity contribution in [2.24, 2.45) is 0 Å². The van der Waals surface area contributed by atoms with E-state index in [0.29, 0.717) is 31.1 Å². The molecule has 6 heteroatoms. The van der Waals surface area contributed by atoms with Crippen molar-refractivity contribution >= 4 is 10.0 Å². The minimum Gasteiger partial charge on any atom is -0.282 e. The Labute approximate surface area is 161 Å². The molecule has 1 aliphatic heterocycles. The summed E-state index contributed by atoms with van der Waals surface area (Å²) in [5, 5.41) is 9.69. The molecule has 0 amide bonds. The SMILES string of the molecule is Cc1ccc(S(=O)(=O)N2CCN(C(C#N)c3ccccc3C)CC2)cc1C. The average molecular weight is 384 g/mol. The summed E-state index contributed by atoms with van der Waals surface area (Å²) in [6, 6.07) is 15.2. The number of sulfonamides is 1. The molecule has 1 saturated heterocycles. The van der Waals surface area contributed by atoms with Crippen molar-refractivity contribution in [2.75, 3.05) is 26.2 Å². The molecule has 1 fully saturated rings. The first kappa shape index (κ1) is 19.6. The summed E-state index contributed by atoms with van der Waals surface area (Å²) in [7, 11) is -3.51. The van der Waals surface area contributed by atoms with Crippen LogP contribution < -0.4 is 0 Å².